The third-order valence-corrected chi connectivity index (χ3v) is 2.25. The highest BCUT2D eigenvalue weighted by Crippen LogP contribution is 2.21. The first-order valence-corrected chi connectivity index (χ1v) is 5.44. The summed E-state index contributed by atoms with van der Waals surface area (Å²) in [6, 6.07) is 5.04. The van der Waals surface area contributed by atoms with E-state index in [1.807, 2.05) is 0 Å². The molecule has 0 spiro atoms. The average Bonchev–Trinajstić information content (AvgIpc) is 2.16. The molecule has 0 aliphatic rings. The first-order chi connectivity index (χ1) is 7.44. The van der Waals surface area contributed by atoms with Crippen molar-refractivity contribution in [2.45, 2.75) is 0 Å². The molecule has 7 heteroatoms. The van der Waals surface area contributed by atoms with Gasteiger partial charge in [-0.1, -0.05) is 9.95 Å². The summed E-state index contributed by atoms with van der Waals surface area (Å²) in [6.07, 6.45) is 1.20. The van der Waals surface area contributed by atoms with Gasteiger partial charge in [-0.05, 0) is 17.5 Å². The molecule has 0 unspecified atom stereocenters. The van der Waals surface area contributed by atoms with Gasteiger partial charge in [0.05, 0.1) is 0 Å². The van der Waals surface area contributed by atoms with Crippen LogP contribution in [0.1, 0.15) is 0 Å². The standard InChI is InChI=1S/C9H5F2NO3S/c10-9-4-6-1-2-8(15-16(11,13)14)3-7(6)5-12-9/h1-5H. The average molecular weight is 245 g/mol. The van der Waals surface area contributed by atoms with Crippen LogP contribution < -0.4 is 4.18 Å². The van der Waals surface area contributed by atoms with Crippen LogP contribution in [0.5, 0.6) is 5.75 Å². The SMILES string of the molecule is O=S(=O)(F)Oc1ccc2cc(F)ncc2c1. The van der Waals surface area contributed by atoms with Gasteiger partial charge in [-0.15, -0.1) is 0 Å². The molecule has 0 saturated carbocycles. The zero-order chi connectivity index (χ0) is 11.8. The minimum absolute atomic E-state index is 0.191. The third kappa shape index (κ3) is 2.43. The molecule has 0 fully saturated rings. The Labute approximate surface area is 89.9 Å². The van der Waals surface area contributed by atoms with Crippen LogP contribution in [0.2, 0.25) is 0 Å². The number of fused-ring (bicyclic) bond motifs is 1. The summed E-state index contributed by atoms with van der Waals surface area (Å²) in [4.78, 5) is 3.38. The molecule has 0 aliphatic heterocycles. The van der Waals surface area contributed by atoms with E-state index < -0.39 is 16.5 Å². The Kier molecular flexibility index (Phi) is 2.47. The molecule has 0 N–H and O–H groups in total. The van der Waals surface area contributed by atoms with Crippen molar-refractivity contribution in [3.63, 3.8) is 0 Å². The van der Waals surface area contributed by atoms with Crippen LogP contribution >= 0.6 is 0 Å². The van der Waals surface area contributed by atoms with E-state index in [-0.39, 0.29) is 5.75 Å². The molecule has 1 heterocycles. The number of hydrogen-bond acceptors (Lipinski definition) is 4. The molecule has 0 atom stereocenters. The van der Waals surface area contributed by atoms with Gasteiger partial charge in [-0.2, -0.15) is 12.8 Å². The van der Waals surface area contributed by atoms with Crippen LogP contribution in [0.4, 0.5) is 8.28 Å². The van der Waals surface area contributed by atoms with Crippen molar-refractivity contribution in [1.82, 2.24) is 4.98 Å². The van der Waals surface area contributed by atoms with Crippen molar-refractivity contribution < 1.29 is 20.9 Å². The molecule has 84 valence electrons. The summed E-state index contributed by atoms with van der Waals surface area (Å²) in [6.45, 7) is 0. The van der Waals surface area contributed by atoms with E-state index in [1.165, 1.54) is 30.5 Å². The maximum absolute atomic E-state index is 12.7. The highest BCUT2D eigenvalue weighted by atomic mass is 32.3. The second-order valence-corrected chi connectivity index (χ2v) is 3.95. The van der Waals surface area contributed by atoms with Crippen molar-refractivity contribution in [3.05, 3.63) is 36.4 Å². The maximum Gasteiger partial charge on any atom is 0.488 e. The number of rotatable bonds is 2. The number of hydrogen-bond donors (Lipinski definition) is 0. The number of nitrogens with zero attached hydrogens (tertiary/aromatic N) is 1. The maximum atomic E-state index is 12.7. The molecule has 0 amide bonds. The molecule has 2 rings (SSSR count). The second-order valence-electron chi connectivity index (χ2n) is 2.99. The fourth-order valence-corrected chi connectivity index (χ4v) is 1.59. The summed E-state index contributed by atoms with van der Waals surface area (Å²) < 4.78 is 49.4. The number of pyridine rings is 1. The van der Waals surface area contributed by atoms with E-state index in [2.05, 4.69) is 9.17 Å². The molecule has 1 aromatic heterocycles. The first-order valence-electron chi connectivity index (χ1n) is 4.13. The molecule has 0 bridgehead atoms. The predicted octanol–water partition coefficient (Wildman–Crippen LogP) is 1.97. The molecule has 4 nitrogen and oxygen atoms in total. The van der Waals surface area contributed by atoms with Crippen LogP contribution in [0.15, 0.2) is 30.5 Å². The van der Waals surface area contributed by atoms with Gasteiger partial charge in [-0.3, -0.25) is 0 Å². The van der Waals surface area contributed by atoms with Gasteiger partial charge in [0.15, 0.2) is 0 Å². The van der Waals surface area contributed by atoms with E-state index in [9.17, 15) is 16.7 Å². The Morgan fingerprint density at radius 3 is 2.62 bits per heavy atom. The minimum atomic E-state index is -5.05. The Hall–Kier alpha value is -1.76. The Morgan fingerprint density at radius 1 is 1.19 bits per heavy atom. The fourth-order valence-electron chi connectivity index (χ4n) is 1.26. The zero-order valence-corrected chi connectivity index (χ0v) is 8.54. The topological polar surface area (TPSA) is 56.3 Å². The fraction of sp³-hybridized carbons (Fsp3) is 0. The van der Waals surface area contributed by atoms with Crippen LogP contribution in [-0.2, 0) is 10.5 Å². The lowest BCUT2D eigenvalue weighted by atomic mass is 10.2. The van der Waals surface area contributed by atoms with E-state index in [0.29, 0.717) is 10.8 Å². The van der Waals surface area contributed by atoms with Gasteiger partial charge in [-0.25, -0.2) is 4.98 Å². The second kappa shape index (κ2) is 3.67. The molecule has 16 heavy (non-hydrogen) atoms. The van der Waals surface area contributed by atoms with E-state index in [1.54, 1.807) is 0 Å². The van der Waals surface area contributed by atoms with E-state index in [0.717, 1.165) is 0 Å². The molecule has 0 saturated heterocycles. The number of aromatic nitrogens is 1. The lowest BCUT2D eigenvalue weighted by Gasteiger charge is -2.01. The lowest BCUT2D eigenvalue weighted by Crippen LogP contribution is -2.00. The zero-order valence-electron chi connectivity index (χ0n) is 7.72. The summed E-state index contributed by atoms with van der Waals surface area (Å²) >= 11 is 0. The smallest absolute Gasteiger partial charge is 0.358 e. The van der Waals surface area contributed by atoms with Crippen LogP contribution in [-0.4, -0.2) is 13.4 Å². The van der Waals surface area contributed by atoms with Crippen molar-refractivity contribution in [3.8, 4) is 5.75 Å². The van der Waals surface area contributed by atoms with Crippen LogP contribution in [0.3, 0.4) is 0 Å². The predicted molar refractivity (Wildman–Crippen MR) is 52.4 cm³/mol. The lowest BCUT2D eigenvalue weighted by molar-refractivity contribution is 0.440. The van der Waals surface area contributed by atoms with Gasteiger partial charge in [0.2, 0.25) is 5.95 Å². The van der Waals surface area contributed by atoms with E-state index in [4.69, 9.17) is 0 Å². The molecule has 1 aromatic carbocycles. The Bertz CT molecular complexity index is 642. The quantitative estimate of drug-likeness (QED) is 0.599. The van der Waals surface area contributed by atoms with Crippen molar-refractivity contribution >= 4 is 21.3 Å². The highest BCUT2D eigenvalue weighted by molar-refractivity contribution is 7.81. The highest BCUT2D eigenvalue weighted by Gasteiger charge is 2.09. The van der Waals surface area contributed by atoms with Gasteiger partial charge in [0.1, 0.15) is 5.75 Å². The van der Waals surface area contributed by atoms with Crippen molar-refractivity contribution in [1.29, 1.82) is 0 Å². The van der Waals surface area contributed by atoms with Gasteiger partial charge in [0, 0.05) is 17.6 Å². The largest absolute Gasteiger partial charge is 0.488 e. The van der Waals surface area contributed by atoms with Crippen LogP contribution in [0.25, 0.3) is 10.8 Å². The third-order valence-electron chi connectivity index (χ3n) is 1.86. The number of halogens is 2. The minimum Gasteiger partial charge on any atom is -0.358 e. The summed E-state index contributed by atoms with van der Waals surface area (Å²) in [5.41, 5.74) is 0. The van der Waals surface area contributed by atoms with Gasteiger partial charge < -0.3 is 4.18 Å². The Balaban J connectivity index is 2.49. The molecule has 0 radical (unpaired) electrons. The summed E-state index contributed by atoms with van der Waals surface area (Å²) in [7, 11) is -5.05. The first kappa shape index (κ1) is 10.7. The molecule has 2 aromatic rings. The summed E-state index contributed by atoms with van der Waals surface area (Å²) in [5.74, 6) is -0.845. The van der Waals surface area contributed by atoms with Crippen molar-refractivity contribution in [2.24, 2.45) is 0 Å². The normalized spacial score (nSPS) is 11.6. The number of benzene rings is 1. The van der Waals surface area contributed by atoms with Gasteiger partial charge in [0.25, 0.3) is 0 Å². The monoisotopic (exact) mass is 245 g/mol. The molecular weight excluding hydrogens is 240 g/mol. The molecular formula is C9H5F2NO3S. The Morgan fingerprint density at radius 2 is 1.94 bits per heavy atom. The van der Waals surface area contributed by atoms with Crippen LogP contribution in [0, 0.1) is 5.95 Å². The van der Waals surface area contributed by atoms with E-state index >= 15 is 0 Å². The van der Waals surface area contributed by atoms with Crippen molar-refractivity contribution in [2.75, 3.05) is 0 Å². The molecule has 0 aliphatic carbocycles. The summed E-state index contributed by atoms with van der Waals surface area (Å²) in [5, 5.41) is 0.957. The van der Waals surface area contributed by atoms with Gasteiger partial charge >= 0.3 is 10.5 Å².